The number of hydrogen-bond acceptors (Lipinski definition) is 2. The average Bonchev–Trinajstić information content (AvgIpc) is 2.39. The highest BCUT2D eigenvalue weighted by Gasteiger charge is 2.09. The monoisotopic (exact) mass is 264 g/mol. The molecule has 0 unspecified atom stereocenters. The number of hydrogen-bond donors (Lipinski definition) is 1. The van der Waals surface area contributed by atoms with Gasteiger partial charge in [-0.2, -0.15) is 0 Å². The zero-order valence-corrected chi connectivity index (χ0v) is 10.8. The maximum atomic E-state index is 13.6. The van der Waals surface area contributed by atoms with Gasteiger partial charge in [0.05, 0.1) is 0 Å². The number of nitrogens with zero attached hydrogens (tertiary/aromatic N) is 1. The Bertz CT molecular complexity index is 496. The molecule has 1 atom stereocenters. The number of nitrogens with one attached hydrogen (secondary N) is 1. The molecule has 1 aromatic carbocycles. The van der Waals surface area contributed by atoms with Crippen molar-refractivity contribution in [3.63, 3.8) is 0 Å². The molecule has 0 saturated heterocycles. The lowest BCUT2D eigenvalue weighted by molar-refractivity contribution is 0.544. The summed E-state index contributed by atoms with van der Waals surface area (Å²) in [4.78, 5) is 3.97. The Morgan fingerprint density at radius 1 is 1.28 bits per heavy atom. The predicted molar refractivity (Wildman–Crippen MR) is 70.9 cm³/mol. The third kappa shape index (κ3) is 3.06. The van der Waals surface area contributed by atoms with E-state index < -0.39 is 0 Å². The molecule has 1 N–H and O–H groups in total. The van der Waals surface area contributed by atoms with Crippen molar-refractivity contribution in [2.75, 3.05) is 0 Å². The first-order chi connectivity index (χ1) is 8.68. The van der Waals surface area contributed by atoms with Crippen LogP contribution in [-0.4, -0.2) is 4.98 Å². The summed E-state index contributed by atoms with van der Waals surface area (Å²) in [7, 11) is 0. The van der Waals surface area contributed by atoms with Crippen molar-refractivity contribution < 1.29 is 4.39 Å². The van der Waals surface area contributed by atoms with Gasteiger partial charge in [0.15, 0.2) is 0 Å². The van der Waals surface area contributed by atoms with Gasteiger partial charge >= 0.3 is 0 Å². The van der Waals surface area contributed by atoms with Gasteiger partial charge in [-0.25, -0.2) is 4.39 Å². The van der Waals surface area contributed by atoms with E-state index in [0.717, 1.165) is 5.56 Å². The summed E-state index contributed by atoms with van der Waals surface area (Å²) in [6.45, 7) is 2.42. The number of benzene rings is 1. The highest BCUT2D eigenvalue weighted by Crippen LogP contribution is 2.20. The van der Waals surface area contributed by atoms with Crippen molar-refractivity contribution in [2.24, 2.45) is 0 Å². The van der Waals surface area contributed by atoms with E-state index in [1.807, 2.05) is 19.1 Å². The van der Waals surface area contributed by atoms with Crippen molar-refractivity contribution in [1.29, 1.82) is 0 Å². The fourth-order valence-corrected chi connectivity index (χ4v) is 1.96. The van der Waals surface area contributed by atoms with Gasteiger partial charge in [-0.05, 0) is 36.8 Å². The lowest BCUT2D eigenvalue weighted by Gasteiger charge is -2.15. The zero-order valence-electron chi connectivity index (χ0n) is 10.0. The first kappa shape index (κ1) is 13.0. The standard InChI is InChI=1S/C14H14ClFN2/c1-10(11-5-7-17-8-6-11)18-9-12-13(15)3-2-4-14(12)16/h2-8,10,18H,9H2,1H3/t10-/m1/s1. The molecule has 0 aliphatic carbocycles. The molecule has 2 aromatic rings. The summed E-state index contributed by atoms with van der Waals surface area (Å²) < 4.78 is 13.6. The van der Waals surface area contributed by atoms with Crippen LogP contribution in [0.5, 0.6) is 0 Å². The van der Waals surface area contributed by atoms with Crippen LogP contribution in [0.15, 0.2) is 42.7 Å². The molecule has 1 heterocycles. The van der Waals surface area contributed by atoms with Gasteiger partial charge in [0, 0.05) is 35.6 Å². The molecule has 0 aliphatic heterocycles. The van der Waals surface area contributed by atoms with Crippen molar-refractivity contribution in [3.8, 4) is 0 Å². The molecule has 0 amide bonds. The second kappa shape index (κ2) is 5.94. The number of pyridine rings is 1. The first-order valence-electron chi connectivity index (χ1n) is 5.74. The Morgan fingerprint density at radius 2 is 2.00 bits per heavy atom. The Balaban J connectivity index is 2.04. The van der Waals surface area contributed by atoms with Gasteiger partial charge in [-0.15, -0.1) is 0 Å². The molecule has 0 spiro atoms. The van der Waals surface area contributed by atoms with Crippen LogP contribution >= 0.6 is 11.6 Å². The highest BCUT2D eigenvalue weighted by molar-refractivity contribution is 6.31. The molecular weight excluding hydrogens is 251 g/mol. The van der Waals surface area contributed by atoms with E-state index in [1.54, 1.807) is 24.5 Å². The summed E-state index contributed by atoms with van der Waals surface area (Å²) in [5.41, 5.74) is 1.61. The predicted octanol–water partition coefficient (Wildman–Crippen LogP) is 3.72. The Kier molecular flexibility index (Phi) is 4.28. The largest absolute Gasteiger partial charge is 0.306 e. The average molecular weight is 265 g/mol. The maximum absolute atomic E-state index is 13.6. The van der Waals surface area contributed by atoms with Gasteiger partial charge in [-0.3, -0.25) is 4.98 Å². The van der Waals surface area contributed by atoms with E-state index in [1.165, 1.54) is 6.07 Å². The smallest absolute Gasteiger partial charge is 0.129 e. The number of rotatable bonds is 4. The van der Waals surface area contributed by atoms with Crippen molar-refractivity contribution in [1.82, 2.24) is 10.3 Å². The summed E-state index contributed by atoms with van der Waals surface area (Å²) >= 11 is 5.97. The molecule has 0 bridgehead atoms. The first-order valence-corrected chi connectivity index (χ1v) is 6.12. The summed E-state index contributed by atoms with van der Waals surface area (Å²) in [6, 6.07) is 8.69. The topological polar surface area (TPSA) is 24.9 Å². The molecule has 0 radical (unpaired) electrons. The quantitative estimate of drug-likeness (QED) is 0.910. The SMILES string of the molecule is C[C@@H](NCc1c(F)cccc1Cl)c1ccncc1. The van der Waals surface area contributed by atoms with Gasteiger partial charge in [0.1, 0.15) is 5.82 Å². The van der Waals surface area contributed by atoms with Crippen LogP contribution in [0, 0.1) is 5.82 Å². The van der Waals surface area contributed by atoms with Crippen LogP contribution in [-0.2, 0) is 6.54 Å². The summed E-state index contributed by atoms with van der Waals surface area (Å²) in [5, 5.41) is 3.69. The lowest BCUT2D eigenvalue weighted by atomic mass is 10.1. The molecule has 2 nitrogen and oxygen atoms in total. The van der Waals surface area contributed by atoms with Crippen LogP contribution in [0.3, 0.4) is 0 Å². The van der Waals surface area contributed by atoms with E-state index in [-0.39, 0.29) is 11.9 Å². The molecule has 0 aliphatic rings. The summed E-state index contributed by atoms with van der Waals surface area (Å²) in [5.74, 6) is -0.281. The number of halogens is 2. The van der Waals surface area contributed by atoms with Crippen LogP contribution in [0.4, 0.5) is 4.39 Å². The van der Waals surface area contributed by atoms with Crippen LogP contribution in [0.1, 0.15) is 24.1 Å². The second-order valence-electron chi connectivity index (χ2n) is 4.08. The van der Waals surface area contributed by atoms with Crippen LogP contribution in [0.25, 0.3) is 0 Å². The van der Waals surface area contributed by atoms with E-state index in [0.29, 0.717) is 17.1 Å². The maximum Gasteiger partial charge on any atom is 0.129 e. The van der Waals surface area contributed by atoms with Gasteiger partial charge in [0.2, 0.25) is 0 Å². The highest BCUT2D eigenvalue weighted by atomic mass is 35.5. The van der Waals surface area contributed by atoms with Crippen molar-refractivity contribution in [2.45, 2.75) is 19.5 Å². The summed E-state index contributed by atoms with van der Waals surface area (Å²) in [6.07, 6.45) is 3.48. The minimum atomic E-state index is -0.281. The normalized spacial score (nSPS) is 12.4. The molecule has 4 heteroatoms. The molecule has 2 rings (SSSR count). The van der Waals surface area contributed by atoms with Crippen LogP contribution in [0.2, 0.25) is 5.02 Å². The third-order valence-electron chi connectivity index (χ3n) is 2.85. The van der Waals surface area contributed by atoms with E-state index in [4.69, 9.17) is 11.6 Å². The minimum absolute atomic E-state index is 0.115. The molecule has 0 fully saturated rings. The molecule has 18 heavy (non-hydrogen) atoms. The third-order valence-corrected chi connectivity index (χ3v) is 3.21. The Labute approximate surface area is 111 Å². The fraction of sp³-hybridized carbons (Fsp3) is 0.214. The van der Waals surface area contributed by atoms with Crippen LogP contribution < -0.4 is 5.32 Å². The molecular formula is C14H14ClFN2. The Morgan fingerprint density at radius 3 is 2.67 bits per heavy atom. The number of aromatic nitrogens is 1. The second-order valence-corrected chi connectivity index (χ2v) is 4.49. The molecule has 94 valence electrons. The zero-order chi connectivity index (χ0) is 13.0. The van der Waals surface area contributed by atoms with Gasteiger partial charge in [0.25, 0.3) is 0 Å². The van der Waals surface area contributed by atoms with Crippen molar-refractivity contribution >= 4 is 11.6 Å². The van der Waals surface area contributed by atoms with Gasteiger partial charge < -0.3 is 5.32 Å². The van der Waals surface area contributed by atoms with E-state index in [2.05, 4.69) is 10.3 Å². The van der Waals surface area contributed by atoms with Crippen molar-refractivity contribution in [3.05, 3.63) is 64.7 Å². The fourth-order valence-electron chi connectivity index (χ4n) is 1.73. The van der Waals surface area contributed by atoms with E-state index in [9.17, 15) is 4.39 Å². The molecule has 0 saturated carbocycles. The minimum Gasteiger partial charge on any atom is -0.306 e. The Hall–Kier alpha value is -1.45. The molecule has 1 aromatic heterocycles. The van der Waals surface area contributed by atoms with Gasteiger partial charge in [-0.1, -0.05) is 17.7 Å². The van der Waals surface area contributed by atoms with E-state index >= 15 is 0 Å². The lowest BCUT2D eigenvalue weighted by Crippen LogP contribution is -2.19.